The maximum atomic E-state index is 11.7. The van der Waals surface area contributed by atoms with Crippen LogP contribution in [0.25, 0.3) is 0 Å². The minimum absolute atomic E-state index is 0.0638. The number of rotatable bonds is 4. The van der Waals surface area contributed by atoms with E-state index in [4.69, 9.17) is 10.9 Å². The molecule has 2 aromatic rings. The zero-order chi connectivity index (χ0) is 13.7. The molecule has 1 aromatic carbocycles. The van der Waals surface area contributed by atoms with Crippen molar-refractivity contribution in [3.8, 4) is 0 Å². The van der Waals surface area contributed by atoms with Gasteiger partial charge in [-0.15, -0.1) is 0 Å². The van der Waals surface area contributed by atoms with Gasteiger partial charge in [0.05, 0.1) is 0 Å². The molecule has 0 spiro atoms. The van der Waals surface area contributed by atoms with Gasteiger partial charge in [-0.3, -0.25) is 4.79 Å². The molecule has 0 aliphatic rings. The van der Waals surface area contributed by atoms with Crippen LogP contribution in [-0.2, 0) is 6.54 Å². The Morgan fingerprint density at radius 3 is 2.58 bits per heavy atom. The molecule has 0 aliphatic heterocycles. The summed E-state index contributed by atoms with van der Waals surface area (Å²) in [5.41, 5.74) is 7.70. The van der Waals surface area contributed by atoms with Gasteiger partial charge in [-0.05, 0) is 17.0 Å². The fourth-order valence-corrected chi connectivity index (χ4v) is 2.17. The highest BCUT2D eigenvalue weighted by Gasteiger charge is 2.05. The molecule has 2 rings (SSSR count). The molecule has 0 atom stereocenters. The first-order valence-electron chi connectivity index (χ1n) is 5.58. The molecule has 1 heterocycles. The monoisotopic (exact) mass is 275 g/mol. The predicted molar refractivity (Wildman–Crippen MR) is 74.4 cm³/mol. The zero-order valence-corrected chi connectivity index (χ0v) is 10.9. The Kier molecular flexibility index (Phi) is 4.15. The van der Waals surface area contributed by atoms with E-state index in [1.54, 1.807) is 23.6 Å². The van der Waals surface area contributed by atoms with Gasteiger partial charge in [0.2, 0.25) is 0 Å². The van der Waals surface area contributed by atoms with E-state index < -0.39 is 0 Å². The molecule has 19 heavy (non-hydrogen) atoms. The predicted octanol–water partition coefficient (Wildman–Crippen LogP) is 1.77. The first-order valence-corrected chi connectivity index (χ1v) is 6.52. The van der Waals surface area contributed by atoms with Gasteiger partial charge < -0.3 is 16.3 Å². The molecule has 0 aliphatic carbocycles. The van der Waals surface area contributed by atoms with Crippen LogP contribution < -0.4 is 11.1 Å². The number of oxime groups is 1. The van der Waals surface area contributed by atoms with Crippen LogP contribution in [0.3, 0.4) is 0 Å². The average Bonchev–Trinajstić information content (AvgIpc) is 2.98. The minimum atomic E-state index is -0.0956. The lowest BCUT2D eigenvalue weighted by Gasteiger charge is -2.05. The van der Waals surface area contributed by atoms with Gasteiger partial charge in [0.1, 0.15) is 0 Å². The summed E-state index contributed by atoms with van der Waals surface area (Å²) in [6.45, 7) is 0.436. The summed E-state index contributed by atoms with van der Waals surface area (Å²) in [5.74, 6) is -0.0318. The van der Waals surface area contributed by atoms with Gasteiger partial charge in [0, 0.05) is 23.1 Å². The second-order valence-electron chi connectivity index (χ2n) is 3.88. The van der Waals surface area contributed by atoms with E-state index in [-0.39, 0.29) is 11.7 Å². The summed E-state index contributed by atoms with van der Waals surface area (Å²) in [6.07, 6.45) is 0. The molecular formula is C13H13N3O2S. The standard InChI is InChI=1S/C13H13N3O2S/c14-12(16-18)10-3-1-9(2-4-10)7-15-13(17)11-5-6-19-8-11/h1-6,8,18H,7H2,(H2,14,16)(H,15,17). The molecular weight excluding hydrogens is 262 g/mol. The summed E-state index contributed by atoms with van der Waals surface area (Å²) in [7, 11) is 0. The molecule has 0 saturated carbocycles. The van der Waals surface area contributed by atoms with Gasteiger partial charge in [-0.2, -0.15) is 11.3 Å². The van der Waals surface area contributed by atoms with E-state index in [0.717, 1.165) is 5.56 Å². The number of carbonyl (C=O) groups is 1. The average molecular weight is 275 g/mol. The quantitative estimate of drug-likeness (QED) is 0.344. The van der Waals surface area contributed by atoms with Crippen molar-refractivity contribution in [2.45, 2.75) is 6.54 Å². The van der Waals surface area contributed by atoms with Gasteiger partial charge in [-0.25, -0.2) is 0 Å². The number of thiophene rings is 1. The molecule has 1 aromatic heterocycles. The van der Waals surface area contributed by atoms with E-state index >= 15 is 0 Å². The van der Waals surface area contributed by atoms with Gasteiger partial charge in [0.15, 0.2) is 5.84 Å². The van der Waals surface area contributed by atoms with Crippen molar-refractivity contribution >= 4 is 23.1 Å². The van der Waals surface area contributed by atoms with E-state index in [9.17, 15) is 4.79 Å². The molecule has 0 fully saturated rings. The van der Waals surface area contributed by atoms with Crippen LogP contribution in [-0.4, -0.2) is 17.0 Å². The second-order valence-corrected chi connectivity index (χ2v) is 4.66. The second kappa shape index (κ2) is 6.01. The molecule has 0 bridgehead atoms. The van der Waals surface area contributed by atoms with Crippen molar-refractivity contribution in [3.05, 3.63) is 57.8 Å². The van der Waals surface area contributed by atoms with Crippen LogP contribution >= 0.6 is 11.3 Å². The summed E-state index contributed by atoms with van der Waals surface area (Å²) in [4.78, 5) is 11.7. The number of hydrogen-bond donors (Lipinski definition) is 3. The smallest absolute Gasteiger partial charge is 0.252 e. The van der Waals surface area contributed by atoms with Crippen molar-refractivity contribution in [2.24, 2.45) is 10.9 Å². The number of nitrogens with two attached hydrogens (primary N) is 1. The third-order valence-electron chi connectivity index (χ3n) is 2.59. The number of amides is 1. The van der Waals surface area contributed by atoms with E-state index in [1.165, 1.54) is 11.3 Å². The fourth-order valence-electron chi connectivity index (χ4n) is 1.53. The highest BCUT2D eigenvalue weighted by molar-refractivity contribution is 7.08. The summed E-state index contributed by atoms with van der Waals surface area (Å²) in [5, 5.41) is 18.0. The number of amidine groups is 1. The molecule has 0 saturated heterocycles. The summed E-state index contributed by atoms with van der Waals surface area (Å²) in [6, 6.07) is 8.90. The highest BCUT2D eigenvalue weighted by Crippen LogP contribution is 2.07. The summed E-state index contributed by atoms with van der Waals surface area (Å²) >= 11 is 1.49. The Bertz CT molecular complexity index is 576. The number of nitrogens with zero attached hydrogens (tertiary/aromatic N) is 1. The van der Waals surface area contributed by atoms with Crippen molar-refractivity contribution in [2.75, 3.05) is 0 Å². The molecule has 0 radical (unpaired) electrons. The van der Waals surface area contributed by atoms with E-state index in [0.29, 0.717) is 17.7 Å². The molecule has 6 heteroatoms. The lowest BCUT2D eigenvalue weighted by atomic mass is 10.1. The van der Waals surface area contributed by atoms with Crippen LogP contribution in [0.5, 0.6) is 0 Å². The Morgan fingerprint density at radius 2 is 2.00 bits per heavy atom. The Labute approximate surface area is 114 Å². The molecule has 4 N–H and O–H groups in total. The zero-order valence-electron chi connectivity index (χ0n) is 10.0. The highest BCUT2D eigenvalue weighted by atomic mass is 32.1. The molecule has 98 valence electrons. The lowest BCUT2D eigenvalue weighted by molar-refractivity contribution is 0.0951. The van der Waals surface area contributed by atoms with E-state index in [1.807, 2.05) is 17.5 Å². The molecule has 5 nitrogen and oxygen atoms in total. The van der Waals surface area contributed by atoms with Crippen molar-refractivity contribution < 1.29 is 10.0 Å². The topological polar surface area (TPSA) is 87.7 Å². The van der Waals surface area contributed by atoms with Gasteiger partial charge in [-0.1, -0.05) is 29.4 Å². The van der Waals surface area contributed by atoms with Crippen LogP contribution in [0.1, 0.15) is 21.5 Å². The van der Waals surface area contributed by atoms with Crippen LogP contribution in [0.4, 0.5) is 0 Å². The van der Waals surface area contributed by atoms with Crippen molar-refractivity contribution in [3.63, 3.8) is 0 Å². The van der Waals surface area contributed by atoms with Crippen LogP contribution in [0.2, 0.25) is 0 Å². The largest absolute Gasteiger partial charge is 0.409 e. The maximum absolute atomic E-state index is 11.7. The maximum Gasteiger partial charge on any atom is 0.252 e. The molecule has 0 unspecified atom stereocenters. The SMILES string of the molecule is NC(=NO)c1ccc(CNC(=O)c2ccsc2)cc1. The van der Waals surface area contributed by atoms with Gasteiger partial charge >= 0.3 is 0 Å². The van der Waals surface area contributed by atoms with Crippen LogP contribution in [0, 0.1) is 0 Å². The molecule has 1 amide bonds. The normalized spacial score (nSPS) is 11.3. The number of benzene rings is 1. The third kappa shape index (κ3) is 3.32. The van der Waals surface area contributed by atoms with E-state index in [2.05, 4.69) is 10.5 Å². The van der Waals surface area contributed by atoms with Gasteiger partial charge in [0.25, 0.3) is 5.91 Å². The number of hydrogen-bond acceptors (Lipinski definition) is 4. The van der Waals surface area contributed by atoms with Crippen molar-refractivity contribution in [1.82, 2.24) is 5.32 Å². The van der Waals surface area contributed by atoms with Crippen molar-refractivity contribution in [1.29, 1.82) is 0 Å². The Morgan fingerprint density at radius 1 is 1.26 bits per heavy atom. The fraction of sp³-hybridized carbons (Fsp3) is 0.0769. The Hall–Kier alpha value is -2.34. The number of nitrogens with one attached hydrogen (secondary N) is 1. The first-order chi connectivity index (χ1) is 9.20. The Balaban J connectivity index is 1.95. The lowest BCUT2D eigenvalue weighted by Crippen LogP contribution is -2.22. The first kappa shape index (κ1) is 13.1. The minimum Gasteiger partial charge on any atom is -0.409 e. The third-order valence-corrected chi connectivity index (χ3v) is 3.28. The summed E-state index contributed by atoms with van der Waals surface area (Å²) < 4.78 is 0. The van der Waals surface area contributed by atoms with Crippen LogP contribution in [0.15, 0.2) is 46.2 Å². The number of carbonyl (C=O) groups excluding carboxylic acids is 1.